The van der Waals surface area contributed by atoms with Gasteiger partial charge in [-0.2, -0.15) is 0 Å². The number of anilines is 2. The number of rotatable bonds is 5. The van der Waals surface area contributed by atoms with Crippen molar-refractivity contribution < 1.29 is 9.66 Å². The molecule has 0 spiro atoms. The molecule has 1 N–H and O–H groups in total. The maximum Gasteiger partial charge on any atom is 0.314 e. The molecular formula is C17H19BrN4O3. The Morgan fingerprint density at radius 2 is 2.12 bits per heavy atom. The number of ether oxygens (including phenoxy) is 1. The first kappa shape index (κ1) is 17.6. The van der Waals surface area contributed by atoms with Crippen molar-refractivity contribution in [2.75, 3.05) is 36.5 Å². The summed E-state index contributed by atoms with van der Waals surface area (Å²) in [6, 6.07) is 7.70. The summed E-state index contributed by atoms with van der Waals surface area (Å²) in [5.41, 5.74) is 2.77. The Labute approximate surface area is 154 Å². The van der Waals surface area contributed by atoms with Gasteiger partial charge in [-0.1, -0.05) is 22.0 Å². The minimum Gasteiger partial charge on any atom is -0.378 e. The topological polar surface area (TPSA) is 80.5 Å². The normalized spacial score (nSPS) is 14.4. The fraction of sp³-hybridized carbons (Fsp3) is 0.353. The molecule has 0 amide bonds. The van der Waals surface area contributed by atoms with E-state index in [0.29, 0.717) is 31.1 Å². The van der Waals surface area contributed by atoms with Crippen molar-refractivity contribution in [1.29, 1.82) is 0 Å². The number of benzene rings is 1. The van der Waals surface area contributed by atoms with E-state index in [-0.39, 0.29) is 5.69 Å². The van der Waals surface area contributed by atoms with Gasteiger partial charge in [-0.15, -0.1) is 0 Å². The Bertz CT molecular complexity index is 778. The predicted molar refractivity (Wildman–Crippen MR) is 100 cm³/mol. The summed E-state index contributed by atoms with van der Waals surface area (Å²) in [6.07, 6.45) is 1.58. The van der Waals surface area contributed by atoms with Crippen LogP contribution in [-0.2, 0) is 11.3 Å². The van der Waals surface area contributed by atoms with Gasteiger partial charge in [0, 0.05) is 41.6 Å². The van der Waals surface area contributed by atoms with E-state index in [4.69, 9.17) is 4.74 Å². The lowest BCUT2D eigenvalue weighted by Gasteiger charge is -2.31. The quantitative estimate of drug-likeness (QED) is 0.604. The molecule has 7 nitrogen and oxygen atoms in total. The number of halogens is 1. The minimum absolute atomic E-state index is 0.0209. The Kier molecular flexibility index (Phi) is 5.50. The largest absolute Gasteiger partial charge is 0.378 e. The van der Waals surface area contributed by atoms with Crippen molar-refractivity contribution in [2.45, 2.75) is 13.5 Å². The van der Waals surface area contributed by atoms with Gasteiger partial charge in [0.25, 0.3) is 0 Å². The van der Waals surface area contributed by atoms with Crippen LogP contribution in [0.4, 0.5) is 17.2 Å². The molecule has 3 rings (SSSR count). The van der Waals surface area contributed by atoms with Crippen LogP contribution in [0.2, 0.25) is 0 Å². The standard InChI is InChI=1S/C17H19BrN4O3/c1-12-4-5-19-17(16(12)22(23)24)20-11-13-2-3-14(18)10-15(13)21-6-8-25-9-7-21/h2-5,10H,6-9,11H2,1H3,(H,19,20). The van der Waals surface area contributed by atoms with Crippen LogP contribution >= 0.6 is 15.9 Å². The highest BCUT2D eigenvalue weighted by atomic mass is 79.9. The van der Waals surface area contributed by atoms with Crippen LogP contribution < -0.4 is 10.2 Å². The number of nitrogens with zero attached hydrogens (tertiary/aromatic N) is 3. The molecule has 1 fully saturated rings. The smallest absolute Gasteiger partial charge is 0.314 e. The number of hydrogen-bond acceptors (Lipinski definition) is 6. The van der Waals surface area contributed by atoms with E-state index in [0.717, 1.165) is 28.8 Å². The fourth-order valence-electron chi connectivity index (χ4n) is 2.87. The van der Waals surface area contributed by atoms with Crippen molar-refractivity contribution in [2.24, 2.45) is 0 Å². The molecule has 1 aromatic carbocycles. The number of morpholine rings is 1. The highest BCUT2D eigenvalue weighted by molar-refractivity contribution is 9.10. The first-order valence-electron chi connectivity index (χ1n) is 8.01. The molecule has 132 valence electrons. The van der Waals surface area contributed by atoms with Crippen molar-refractivity contribution in [3.63, 3.8) is 0 Å². The van der Waals surface area contributed by atoms with Gasteiger partial charge in [-0.3, -0.25) is 10.1 Å². The third-order valence-electron chi connectivity index (χ3n) is 4.15. The van der Waals surface area contributed by atoms with E-state index >= 15 is 0 Å². The molecule has 0 radical (unpaired) electrons. The second-order valence-corrected chi connectivity index (χ2v) is 6.72. The number of hydrogen-bond donors (Lipinski definition) is 1. The molecule has 1 saturated heterocycles. The number of aryl methyl sites for hydroxylation is 1. The highest BCUT2D eigenvalue weighted by Gasteiger charge is 2.20. The van der Waals surface area contributed by atoms with E-state index in [1.807, 2.05) is 12.1 Å². The molecule has 0 unspecified atom stereocenters. The molecule has 25 heavy (non-hydrogen) atoms. The summed E-state index contributed by atoms with van der Waals surface area (Å²) >= 11 is 3.52. The molecule has 0 aliphatic carbocycles. The zero-order valence-corrected chi connectivity index (χ0v) is 15.5. The second kappa shape index (κ2) is 7.79. The van der Waals surface area contributed by atoms with Gasteiger partial charge in [-0.05, 0) is 30.7 Å². The maximum absolute atomic E-state index is 11.3. The monoisotopic (exact) mass is 406 g/mol. The van der Waals surface area contributed by atoms with Gasteiger partial charge < -0.3 is 15.0 Å². The van der Waals surface area contributed by atoms with E-state index in [1.54, 1.807) is 19.2 Å². The van der Waals surface area contributed by atoms with Crippen LogP contribution in [0.25, 0.3) is 0 Å². The summed E-state index contributed by atoms with van der Waals surface area (Å²) < 4.78 is 6.42. The summed E-state index contributed by atoms with van der Waals surface area (Å²) in [4.78, 5) is 17.3. The van der Waals surface area contributed by atoms with Crippen molar-refractivity contribution in [3.8, 4) is 0 Å². The van der Waals surface area contributed by atoms with E-state index in [9.17, 15) is 10.1 Å². The number of pyridine rings is 1. The van der Waals surface area contributed by atoms with Gasteiger partial charge in [0.05, 0.1) is 18.1 Å². The SMILES string of the molecule is Cc1ccnc(NCc2ccc(Br)cc2N2CCOCC2)c1[N+](=O)[O-]. The van der Waals surface area contributed by atoms with Gasteiger partial charge in [0.1, 0.15) is 0 Å². The molecule has 0 atom stereocenters. The average Bonchev–Trinajstić information content (AvgIpc) is 2.61. The number of nitro groups is 1. The van der Waals surface area contributed by atoms with Crippen LogP contribution in [0.1, 0.15) is 11.1 Å². The lowest BCUT2D eigenvalue weighted by molar-refractivity contribution is -0.384. The van der Waals surface area contributed by atoms with E-state index < -0.39 is 4.92 Å². The predicted octanol–water partition coefficient (Wildman–Crippen LogP) is 3.51. The van der Waals surface area contributed by atoms with E-state index in [1.165, 1.54) is 0 Å². The van der Waals surface area contributed by atoms with Gasteiger partial charge in [0.15, 0.2) is 0 Å². The maximum atomic E-state index is 11.3. The van der Waals surface area contributed by atoms with Crippen LogP contribution in [0.15, 0.2) is 34.9 Å². The molecule has 1 aliphatic rings. The van der Waals surface area contributed by atoms with Crippen LogP contribution in [0, 0.1) is 17.0 Å². The molecular weight excluding hydrogens is 388 g/mol. The van der Waals surface area contributed by atoms with Gasteiger partial charge in [-0.25, -0.2) is 4.98 Å². The Balaban J connectivity index is 1.84. The summed E-state index contributed by atoms with van der Waals surface area (Å²) in [6.45, 7) is 5.22. The third kappa shape index (κ3) is 4.08. The Morgan fingerprint density at radius 1 is 1.36 bits per heavy atom. The van der Waals surface area contributed by atoms with Crippen LogP contribution in [-0.4, -0.2) is 36.2 Å². The van der Waals surface area contributed by atoms with Gasteiger partial charge in [0.2, 0.25) is 5.82 Å². The van der Waals surface area contributed by atoms with E-state index in [2.05, 4.69) is 37.2 Å². The third-order valence-corrected chi connectivity index (χ3v) is 4.65. The zero-order valence-electron chi connectivity index (χ0n) is 13.9. The van der Waals surface area contributed by atoms with Crippen LogP contribution in [0.5, 0.6) is 0 Å². The molecule has 1 aromatic heterocycles. The summed E-state index contributed by atoms with van der Waals surface area (Å²) in [7, 11) is 0. The summed E-state index contributed by atoms with van der Waals surface area (Å²) in [5, 5.41) is 14.4. The van der Waals surface area contributed by atoms with Crippen molar-refractivity contribution >= 4 is 33.1 Å². The zero-order chi connectivity index (χ0) is 17.8. The molecule has 0 bridgehead atoms. The van der Waals surface area contributed by atoms with Crippen molar-refractivity contribution in [1.82, 2.24) is 4.98 Å². The molecule has 8 heteroatoms. The number of nitrogens with one attached hydrogen (secondary N) is 1. The Morgan fingerprint density at radius 3 is 2.84 bits per heavy atom. The lowest BCUT2D eigenvalue weighted by Crippen LogP contribution is -2.36. The Hall–Kier alpha value is -2.19. The molecule has 0 saturated carbocycles. The minimum atomic E-state index is -0.394. The van der Waals surface area contributed by atoms with Gasteiger partial charge >= 0.3 is 5.69 Å². The molecule has 1 aliphatic heterocycles. The first-order valence-corrected chi connectivity index (χ1v) is 8.80. The second-order valence-electron chi connectivity index (χ2n) is 5.81. The van der Waals surface area contributed by atoms with Crippen molar-refractivity contribution in [3.05, 3.63) is 56.2 Å². The highest BCUT2D eigenvalue weighted by Crippen LogP contribution is 2.29. The first-order chi connectivity index (χ1) is 12.1. The number of aromatic nitrogens is 1. The van der Waals surface area contributed by atoms with Crippen LogP contribution in [0.3, 0.4) is 0 Å². The lowest BCUT2D eigenvalue weighted by atomic mass is 10.1. The molecule has 2 aromatic rings. The fourth-order valence-corrected chi connectivity index (χ4v) is 3.22. The average molecular weight is 407 g/mol. The summed E-state index contributed by atoms with van der Waals surface area (Å²) in [5.74, 6) is 0.292. The molecule has 2 heterocycles.